The number of rotatable bonds is 2. The van der Waals surface area contributed by atoms with Crippen molar-refractivity contribution in [1.82, 2.24) is 0 Å². The molecule has 26 heavy (non-hydrogen) atoms. The fourth-order valence-corrected chi connectivity index (χ4v) is 4.17. The fraction of sp³-hybridized carbons (Fsp3) is 0.348. The molecule has 0 saturated carbocycles. The van der Waals surface area contributed by atoms with Gasteiger partial charge in [0.05, 0.1) is 0 Å². The maximum atomic E-state index is 11.3. The zero-order valence-corrected chi connectivity index (χ0v) is 16.4. The second-order valence-electron chi connectivity index (χ2n) is 8.67. The van der Waals surface area contributed by atoms with Gasteiger partial charge >= 0.3 is 0 Å². The monoisotopic (exact) mass is 366 g/mol. The molecule has 0 radical (unpaired) electrons. The zero-order chi connectivity index (χ0) is 18.7. The molecule has 4 rings (SSSR count). The van der Waals surface area contributed by atoms with Crippen molar-refractivity contribution < 1.29 is 9.21 Å². The molecule has 2 aromatic carbocycles. The van der Waals surface area contributed by atoms with Crippen LogP contribution in [0.15, 0.2) is 46.9 Å². The summed E-state index contributed by atoms with van der Waals surface area (Å²) >= 11 is 5.50. The summed E-state index contributed by atoms with van der Waals surface area (Å²) in [6.45, 7) is 9.35. The SMILES string of the molecule is CC1(C)CCC(C)(C)c2cc3cc(-c4ccc(C(=O)Cl)o4)ccc3cc21. The van der Waals surface area contributed by atoms with E-state index in [9.17, 15) is 4.79 Å². The molecule has 1 heterocycles. The second-order valence-corrected chi connectivity index (χ2v) is 9.01. The predicted molar refractivity (Wildman–Crippen MR) is 107 cm³/mol. The summed E-state index contributed by atoms with van der Waals surface area (Å²) in [4.78, 5) is 11.3. The van der Waals surface area contributed by atoms with Crippen LogP contribution in [0, 0.1) is 0 Å². The molecule has 0 aliphatic heterocycles. The molecule has 1 aliphatic carbocycles. The van der Waals surface area contributed by atoms with Gasteiger partial charge in [0.2, 0.25) is 0 Å². The molecule has 0 N–H and O–H groups in total. The van der Waals surface area contributed by atoms with Crippen molar-refractivity contribution in [3.8, 4) is 11.3 Å². The van der Waals surface area contributed by atoms with E-state index in [4.69, 9.17) is 16.0 Å². The molecule has 0 spiro atoms. The maximum absolute atomic E-state index is 11.3. The van der Waals surface area contributed by atoms with Crippen molar-refractivity contribution in [2.45, 2.75) is 51.4 Å². The highest BCUT2D eigenvalue weighted by Crippen LogP contribution is 2.47. The average molecular weight is 367 g/mol. The summed E-state index contributed by atoms with van der Waals surface area (Å²) in [7, 11) is 0. The smallest absolute Gasteiger partial charge is 0.287 e. The fourth-order valence-electron chi connectivity index (χ4n) is 4.06. The number of hydrogen-bond donors (Lipinski definition) is 0. The van der Waals surface area contributed by atoms with Crippen LogP contribution in [-0.4, -0.2) is 5.24 Å². The largest absolute Gasteiger partial charge is 0.452 e. The van der Waals surface area contributed by atoms with Crippen LogP contribution in [0.4, 0.5) is 0 Å². The highest BCUT2D eigenvalue weighted by molar-refractivity contribution is 6.67. The molecule has 0 amide bonds. The molecule has 2 nitrogen and oxygen atoms in total. The third-order valence-electron chi connectivity index (χ3n) is 5.89. The molecule has 3 heteroatoms. The van der Waals surface area contributed by atoms with Crippen molar-refractivity contribution in [2.75, 3.05) is 0 Å². The van der Waals surface area contributed by atoms with Gasteiger partial charge in [0.1, 0.15) is 5.76 Å². The summed E-state index contributed by atoms with van der Waals surface area (Å²) in [6, 6.07) is 14.4. The van der Waals surface area contributed by atoms with Crippen molar-refractivity contribution in [1.29, 1.82) is 0 Å². The van der Waals surface area contributed by atoms with Gasteiger partial charge in [0.25, 0.3) is 5.24 Å². The van der Waals surface area contributed by atoms with E-state index >= 15 is 0 Å². The topological polar surface area (TPSA) is 30.2 Å². The summed E-state index contributed by atoms with van der Waals surface area (Å²) in [5, 5.41) is 1.86. The lowest BCUT2D eigenvalue weighted by molar-refractivity contribution is 0.105. The second kappa shape index (κ2) is 5.72. The molecule has 0 atom stereocenters. The molecular weight excluding hydrogens is 344 g/mol. The van der Waals surface area contributed by atoms with Crippen LogP contribution in [0.1, 0.15) is 62.2 Å². The van der Waals surface area contributed by atoms with E-state index in [1.54, 1.807) is 12.1 Å². The molecular formula is C23H23ClO2. The Morgan fingerprint density at radius 3 is 2.08 bits per heavy atom. The molecule has 134 valence electrons. The van der Waals surface area contributed by atoms with Gasteiger partial charge < -0.3 is 4.42 Å². The van der Waals surface area contributed by atoms with Crippen LogP contribution in [0.25, 0.3) is 22.1 Å². The Morgan fingerprint density at radius 2 is 1.50 bits per heavy atom. The average Bonchev–Trinajstić information content (AvgIpc) is 3.08. The number of halogens is 1. The van der Waals surface area contributed by atoms with Crippen molar-refractivity contribution in [3.05, 3.63) is 59.4 Å². The van der Waals surface area contributed by atoms with E-state index < -0.39 is 5.24 Å². The standard InChI is InChI=1S/C23H23ClO2/c1-22(2)9-10-23(3,4)18-13-16-11-15(6-5-14(16)12-17(18)22)19-7-8-20(26-19)21(24)25/h5-8,11-13H,9-10H2,1-4H3. The Labute approximate surface area is 159 Å². The lowest BCUT2D eigenvalue weighted by atomic mass is 9.63. The first kappa shape index (κ1) is 17.4. The van der Waals surface area contributed by atoms with Gasteiger partial charge in [-0.2, -0.15) is 0 Å². The van der Waals surface area contributed by atoms with Crippen molar-refractivity contribution in [3.63, 3.8) is 0 Å². The van der Waals surface area contributed by atoms with Crippen LogP contribution in [0.5, 0.6) is 0 Å². The Hall–Kier alpha value is -2.06. The van der Waals surface area contributed by atoms with Crippen LogP contribution in [0.3, 0.4) is 0 Å². The Balaban J connectivity index is 1.88. The lowest BCUT2D eigenvalue weighted by Crippen LogP contribution is -2.33. The molecule has 1 aliphatic rings. The minimum absolute atomic E-state index is 0.176. The number of benzene rings is 2. The first-order chi connectivity index (χ1) is 12.2. The molecule has 3 aromatic rings. The van der Waals surface area contributed by atoms with Gasteiger partial charge in [0.15, 0.2) is 5.76 Å². The van der Waals surface area contributed by atoms with E-state index in [1.165, 1.54) is 34.7 Å². The van der Waals surface area contributed by atoms with E-state index in [1.807, 2.05) is 6.07 Å². The van der Waals surface area contributed by atoms with Gasteiger partial charge in [-0.05, 0) is 75.4 Å². The van der Waals surface area contributed by atoms with Crippen LogP contribution in [0.2, 0.25) is 0 Å². The third kappa shape index (κ3) is 2.77. The van der Waals surface area contributed by atoms with E-state index in [0.717, 1.165) is 5.56 Å². The number of fused-ring (bicyclic) bond motifs is 2. The number of furan rings is 1. The number of carbonyl (C=O) groups is 1. The maximum Gasteiger partial charge on any atom is 0.287 e. The van der Waals surface area contributed by atoms with E-state index in [0.29, 0.717) is 5.76 Å². The lowest BCUT2D eigenvalue weighted by Gasteiger charge is -2.42. The first-order valence-electron chi connectivity index (χ1n) is 9.06. The number of carbonyl (C=O) groups excluding carboxylic acids is 1. The summed E-state index contributed by atoms with van der Waals surface area (Å²) in [5.41, 5.74) is 4.23. The molecule has 0 unspecified atom stereocenters. The Kier molecular flexibility index (Phi) is 3.82. The predicted octanol–water partition coefficient (Wildman–Crippen LogP) is 6.83. The number of hydrogen-bond acceptors (Lipinski definition) is 2. The van der Waals surface area contributed by atoms with Crippen molar-refractivity contribution in [2.24, 2.45) is 0 Å². The first-order valence-corrected chi connectivity index (χ1v) is 9.44. The van der Waals surface area contributed by atoms with E-state index in [-0.39, 0.29) is 16.6 Å². The normalized spacial score (nSPS) is 17.9. The van der Waals surface area contributed by atoms with Gasteiger partial charge in [-0.1, -0.05) is 52.0 Å². The third-order valence-corrected chi connectivity index (χ3v) is 6.08. The van der Waals surface area contributed by atoms with Gasteiger partial charge in [-0.15, -0.1) is 0 Å². The Morgan fingerprint density at radius 1 is 0.885 bits per heavy atom. The van der Waals surface area contributed by atoms with E-state index in [2.05, 4.69) is 52.0 Å². The molecule has 0 fully saturated rings. The zero-order valence-electron chi connectivity index (χ0n) is 15.7. The Bertz CT molecular complexity index is 1020. The van der Waals surface area contributed by atoms with Gasteiger partial charge in [0, 0.05) is 5.56 Å². The molecule has 0 saturated heterocycles. The van der Waals surface area contributed by atoms with Crippen LogP contribution >= 0.6 is 11.6 Å². The minimum atomic E-state index is -0.574. The highest BCUT2D eigenvalue weighted by Gasteiger charge is 2.37. The van der Waals surface area contributed by atoms with Gasteiger partial charge in [-0.25, -0.2) is 0 Å². The summed E-state index contributed by atoms with van der Waals surface area (Å²) in [6.07, 6.45) is 2.40. The summed E-state index contributed by atoms with van der Waals surface area (Å²) in [5.74, 6) is 0.836. The quantitative estimate of drug-likeness (QED) is 0.465. The van der Waals surface area contributed by atoms with Crippen molar-refractivity contribution >= 4 is 27.6 Å². The summed E-state index contributed by atoms with van der Waals surface area (Å²) < 4.78 is 5.59. The molecule has 1 aromatic heterocycles. The highest BCUT2D eigenvalue weighted by atomic mass is 35.5. The van der Waals surface area contributed by atoms with Crippen LogP contribution < -0.4 is 0 Å². The molecule has 0 bridgehead atoms. The van der Waals surface area contributed by atoms with Gasteiger partial charge in [-0.3, -0.25) is 4.79 Å². The minimum Gasteiger partial charge on any atom is -0.452 e. The van der Waals surface area contributed by atoms with Crippen LogP contribution in [-0.2, 0) is 10.8 Å².